The van der Waals surface area contributed by atoms with E-state index in [2.05, 4.69) is 113 Å². The van der Waals surface area contributed by atoms with Crippen molar-refractivity contribution in [1.29, 1.82) is 0 Å². The van der Waals surface area contributed by atoms with Crippen LogP contribution in [0.15, 0.2) is 158 Å². The molecule has 0 amide bonds. The smallest absolute Gasteiger partial charge is 0.239 e. The van der Waals surface area contributed by atoms with E-state index in [-0.39, 0.29) is 0 Å². The van der Waals surface area contributed by atoms with Crippen molar-refractivity contribution in [1.82, 2.24) is 19.9 Å². The Bertz CT molecular complexity index is 2460. The second kappa shape index (κ2) is 15.4. The van der Waals surface area contributed by atoms with E-state index in [1.807, 2.05) is 96.0 Å². The van der Waals surface area contributed by atoms with E-state index in [0.29, 0.717) is 23.4 Å². The SMILES string of the molecule is Cc1cc(C)c(N(c2ccc(N(c3ccc(-c4ccccc4)cn3)c3nc(-c4ccccc4)nc(-c4ccccc4)n3)cc2)c2c(C)cc(C)cc2C)c(C)c1. The number of aromatic nitrogens is 4. The Kier molecular flexibility index (Phi) is 9.95. The highest BCUT2D eigenvalue weighted by atomic mass is 15.3. The van der Waals surface area contributed by atoms with Gasteiger partial charge in [-0.25, -0.2) is 9.97 Å². The average Bonchev–Trinajstić information content (AvgIpc) is 3.21. The van der Waals surface area contributed by atoms with E-state index in [9.17, 15) is 0 Å². The molecule has 0 saturated carbocycles. The molecule has 0 atom stereocenters. The number of rotatable bonds is 9. The first-order valence-corrected chi connectivity index (χ1v) is 19.0. The molecule has 6 nitrogen and oxygen atoms in total. The van der Waals surface area contributed by atoms with Gasteiger partial charge in [0.2, 0.25) is 5.95 Å². The minimum Gasteiger partial charge on any atom is -0.309 e. The number of nitrogens with zero attached hydrogens (tertiary/aromatic N) is 6. The Morgan fingerprint density at radius 1 is 0.375 bits per heavy atom. The van der Waals surface area contributed by atoms with Gasteiger partial charge in [0.1, 0.15) is 5.82 Å². The molecule has 0 unspecified atom stereocenters. The van der Waals surface area contributed by atoms with Crippen molar-refractivity contribution >= 4 is 34.5 Å². The van der Waals surface area contributed by atoms with E-state index in [4.69, 9.17) is 19.9 Å². The first-order chi connectivity index (χ1) is 27.2. The van der Waals surface area contributed by atoms with Gasteiger partial charge in [0, 0.05) is 28.6 Å². The fraction of sp³-hybridized carbons (Fsp3) is 0.120. The molecule has 0 N–H and O–H groups in total. The molecule has 0 fully saturated rings. The topological polar surface area (TPSA) is 58.0 Å². The van der Waals surface area contributed by atoms with Crippen molar-refractivity contribution in [3.63, 3.8) is 0 Å². The first-order valence-electron chi connectivity index (χ1n) is 19.0. The molecular weight excluding hydrogens is 685 g/mol. The van der Waals surface area contributed by atoms with E-state index < -0.39 is 0 Å². The van der Waals surface area contributed by atoms with Gasteiger partial charge in [-0.05, 0) is 106 Å². The molecule has 6 aromatic carbocycles. The second-order valence-electron chi connectivity index (χ2n) is 14.5. The third-order valence-electron chi connectivity index (χ3n) is 10.1. The standard InChI is InChI=1S/C50H44N6/c1-33-28-35(3)46(36(4)29-33)56(47-37(5)30-34(2)31-38(47)6)44-25-23-43(24-26-44)55(45-27-22-42(32-51-45)39-16-10-7-11-17-39)50-53-48(40-18-12-8-13-19-40)52-49(54-50)41-20-14-9-15-21-41/h7-32H,1-6H3. The van der Waals surface area contributed by atoms with Crippen LogP contribution < -0.4 is 9.80 Å². The van der Waals surface area contributed by atoms with E-state index >= 15 is 0 Å². The molecule has 0 bridgehead atoms. The molecule has 0 saturated heterocycles. The summed E-state index contributed by atoms with van der Waals surface area (Å²) in [5.74, 6) is 2.32. The van der Waals surface area contributed by atoms with Crippen molar-refractivity contribution in [2.24, 2.45) is 0 Å². The molecule has 0 radical (unpaired) electrons. The lowest BCUT2D eigenvalue weighted by Crippen LogP contribution is -2.18. The highest BCUT2D eigenvalue weighted by Crippen LogP contribution is 2.44. The minimum atomic E-state index is 0.470. The van der Waals surface area contributed by atoms with Crippen LogP contribution in [0.25, 0.3) is 33.9 Å². The summed E-state index contributed by atoms with van der Waals surface area (Å²) in [4.78, 5) is 24.7. The van der Waals surface area contributed by atoms with Gasteiger partial charge < -0.3 is 4.90 Å². The molecule has 0 spiro atoms. The zero-order valence-electron chi connectivity index (χ0n) is 32.7. The number of hydrogen-bond donors (Lipinski definition) is 0. The molecule has 8 rings (SSSR count). The molecule has 6 heteroatoms. The fourth-order valence-corrected chi connectivity index (χ4v) is 7.74. The minimum absolute atomic E-state index is 0.470. The lowest BCUT2D eigenvalue weighted by atomic mass is 9.99. The summed E-state index contributed by atoms with van der Waals surface area (Å²) in [5.41, 5.74) is 15.6. The highest BCUT2D eigenvalue weighted by Gasteiger charge is 2.24. The maximum absolute atomic E-state index is 5.13. The molecule has 0 aliphatic carbocycles. The summed E-state index contributed by atoms with van der Waals surface area (Å²) < 4.78 is 0. The Labute approximate surface area is 329 Å². The maximum Gasteiger partial charge on any atom is 0.239 e. The van der Waals surface area contributed by atoms with Crippen LogP contribution >= 0.6 is 0 Å². The molecule has 56 heavy (non-hydrogen) atoms. The van der Waals surface area contributed by atoms with Gasteiger partial charge in [0.05, 0.1) is 17.1 Å². The first kappa shape index (κ1) is 36.1. The molecule has 2 aromatic heterocycles. The van der Waals surface area contributed by atoms with Crippen molar-refractivity contribution in [3.05, 3.63) is 191 Å². The summed E-state index contributed by atoms with van der Waals surface area (Å²) in [7, 11) is 0. The number of aryl methyl sites for hydroxylation is 6. The van der Waals surface area contributed by atoms with Gasteiger partial charge in [0.25, 0.3) is 0 Å². The normalized spacial score (nSPS) is 11.0. The van der Waals surface area contributed by atoms with Gasteiger partial charge >= 0.3 is 0 Å². The van der Waals surface area contributed by atoms with Crippen LogP contribution in [0.4, 0.5) is 34.5 Å². The summed E-state index contributed by atoms with van der Waals surface area (Å²) in [5, 5.41) is 0. The largest absolute Gasteiger partial charge is 0.309 e. The summed E-state index contributed by atoms with van der Waals surface area (Å²) in [6.07, 6.45) is 1.91. The number of pyridine rings is 1. The van der Waals surface area contributed by atoms with Gasteiger partial charge in [-0.1, -0.05) is 126 Å². The van der Waals surface area contributed by atoms with Crippen LogP contribution in [-0.2, 0) is 0 Å². The lowest BCUT2D eigenvalue weighted by molar-refractivity contribution is 1.01. The van der Waals surface area contributed by atoms with Crippen molar-refractivity contribution in [2.75, 3.05) is 9.80 Å². The Morgan fingerprint density at radius 2 is 0.786 bits per heavy atom. The van der Waals surface area contributed by atoms with Crippen molar-refractivity contribution in [3.8, 4) is 33.9 Å². The number of anilines is 6. The lowest BCUT2D eigenvalue weighted by Gasteiger charge is -2.32. The van der Waals surface area contributed by atoms with Crippen LogP contribution in [0.1, 0.15) is 33.4 Å². The molecule has 274 valence electrons. The third kappa shape index (κ3) is 7.29. The third-order valence-corrected chi connectivity index (χ3v) is 10.1. The van der Waals surface area contributed by atoms with Gasteiger partial charge in [-0.3, -0.25) is 4.90 Å². The number of benzene rings is 6. The number of hydrogen-bond acceptors (Lipinski definition) is 6. The predicted octanol–water partition coefficient (Wildman–Crippen LogP) is 13.1. The summed E-state index contributed by atoms with van der Waals surface area (Å²) in [6, 6.07) is 52.3. The zero-order chi connectivity index (χ0) is 38.8. The van der Waals surface area contributed by atoms with Crippen LogP contribution in [0, 0.1) is 41.5 Å². The van der Waals surface area contributed by atoms with E-state index in [1.165, 1.54) is 44.8 Å². The summed E-state index contributed by atoms with van der Waals surface area (Å²) >= 11 is 0. The molecule has 8 aromatic rings. The Morgan fingerprint density at radius 3 is 1.20 bits per heavy atom. The maximum atomic E-state index is 5.13. The Hall–Kier alpha value is -6.92. The van der Waals surface area contributed by atoms with Crippen LogP contribution in [0.5, 0.6) is 0 Å². The summed E-state index contributed by atoms with van der Waals surface area (Å²) in [6.45, 7) is 13.1. The monoisotopic (exact) mass is 728 g/mol. The predicted molar refractivity (Wildman–Crippen MR) is 232 cm³/mol. The quantitative estimate of drug-likeness (QED) is 0.147. The van der Waals surface area contributed by atoms with Crippen molar-refractivity contribution in [2.45, 2.75) is 41.5 Å². The molecular formula is C50H44N6. The van der Waals surface area contributed by atoms with Gasteiger partial charge in [0.15, 0.2) is 11.6 Å². The second-order valence-corrected chi connectivity index (χ2v) is 14.5. The average molecular weight is 729 g/mol. The highest BCUT2D eigenvalue weighted by molar-refractivity contribution is 5.85. The van der Waals surface area contributed by atoms with Crippen LogP contribution in [0.2, 0.25) is 0 Å². The van der Waals surface area contributed by atoms with Gasteiger partial charge in [-0.2, -0.15) is 9.97 Å². The fourth-order valence-electron chi connectivity index (χ4n) is 7.74. The zero-order valence-corrected chi connectivity index (χ0v) is 32.7. The van der Waals surface area contributed by atoms with Gasteiger partial charge in [-0.15, -0.1) is 0 Å². The molecule has 2 heterocycles. The molecule has 0 aliphatic rings. The van der Waals surface area contributed by atoms with E-state index in [0.717, 1.165) is 33.6 Å². The van der Waals surface area contributed by atoms with Crippen molar-refractivity contribution < 1.29 is 0 Å². The Balaban J connectivity index is 1.31. The van der Waals surface area contributed by atoms with Crippen LogP contribution in [0.3, 0.4) is 0 Å². The van der Waals surface area contributed by atoms with E-state index in [1.54, 1.807) is 0 Å². The van der Waals surface area contributed by atoms with Crippen LogP contribution in [-0.4, -0.2) is 19.9 Å². The molecule has 0 aliphatic heterocycles.